The SMILES string of the molecule is Cc1c(N)cccc1S(=O)Cc1cc(F)cc([N+](=O)[O-])c1. The van der Waals surface area contributed by atoms with E-state index in [-0.39, 0.29) is 11.4 Å². The van der Waals surface area contributed by atoms with Crippen molar-refractivity contribution in [2.24, 2.45) is 0 Å². The topological polar surface area (TPSA) is 86.2 Å². The molecular weight excluding hydrogens is 295 g/mol. The van der Waals surface area contributed by atoms with Crippen molar-refractivity contribution < 1.29 is 13.5 Å². The van der Waals surface area contributed by atoms with E-state index in [0.717, 1.165) is 12.1 Å². The number of nitrogen functional groups attached to an aromatic ring is 1. The average molecular weight is 308 g/mol. The molecule has 0 radical (unpaired) electrons. The number of non-ortho nitro benzene ring substituents is 1. The molecule has 0 aliphatic heterocycles. The first-order valence-electron chi connectivity index (χ1n) is 6.06. The van der Waals surface area contributed by atoms with Crippen LogP contribution in [-0.2, 0) is 16.6 Å². The molecular formula is C14H13FN2O3S. The molecule has 110 valence electrons. The standard InChI is InChI=1S/C14H13FN2O3S/c1-9-13(16)3-2-4-14(9)21(20)8-10-5-11(15)7-12(6-10)17(18)19/h2-7H,8,16H2,1H3. The van der Waals surface area contributed by atoms with Crippen molar-refractivity contribution in [3.05, 3.63) is 63.5 Å². The molecule has 0 saturated carbocycles. The summed E-state index contributed by atoms with van der Waals surface area (Å²) in [6, 6.07) is 8.26. The summed E-state index contributed by atoms with van der Waals surface area (Å²) in [5, 5.41) is 10.7. The summed E-state index contributed by atoms with van der Waals surface area (Å²) >= 11 is 0. The molecule has 2 N–H and O–H groups in total. The highest BCUT2D eigenvalue weighted by Crippen LogP contribution is 2.23. The minimum absolute atomic E-state index is 0.0110. The number of nitro groups is 1. The van der Waals surface area contributed by atoms with E-state index in [9.17, 15) is 18.7 Å². The molecule has 7 heteroatoms. The number of nitro benzene ring substituents is 1. The Balaban J connectivity index is 2.31. The summed E-state index contributed by atoms with van der Waals surface area (Å²) < 4.78 is 25.7. The number of halogens is 1. The summed E-state index contributed by atoms with van der Waals surface area (Å²) in [7, 11) is -1.46. The van der Waals surface area contributed by atoms with Gasteiger partial charge in [-0.1, -0.05) is 6.07 Å². The van der Waals surface area contributed by atoms with Gasteiger partial charge in [0, 0.05) is 16.6 Å². The number of hydrogen-bond acceptors (Lipinski definition) is 4. The van der Waals surface area contributed by atoms with Crippen LogP contribution in [0.25, 0.3) is 0 Å². The van der Waals surface area contributed by atoms with Crippen molar-refractivity contribution in [1.29, 1.82) is 0 Å². The molecule has 0 aliphatic rings. The lowest BCUT2D eigenvalue weighted by atomic mass is 10.2. The molecule has 21 heavy (non-hydrogen) atoms. The largest absolute Gasteiger partial charge is 0.398 e. The van der Waals surface area contributed by atoms with E-state index in [1.807, 2.05) is 0 Å². The maximum absolute atomic E-state index is 13.4. The van der Waals surface area contributed by atoms with Gasteiger partial charge < -0.3 is 5.73 Å². The van der Waals surface area contributed by atoms with Gasteiger partial charge in [0.1, 0.15) is 5.82 Å². The van der Waals surface area contributed by atoms with Crippen LogP contribution in [0.4, 0.5) is 15.8 Å². The Bertz CT molecular complexity index is 734. The van der Waals surface area contributed by atoms with Crippen molar-refractivity contribution in [1.82, 2.24) is 0 Å². The zero-order valence-corrected chi connectivity index (χ0v) is 12.0. The molecule has 0 amide bonds. The first-order valence-corrected chi connectivity index (χ1v) is 7.37. The number of nitrogens with two attached hydrogens (primary N) is 1. The Hall–Kier alpha value is -2.28. The average Bonchev–Trinajstić information content (AvgIpc) is 2.41. The molecule has 0 fully saturated rings. The van der Waals surface area contributed by atoms with Gasteiger partial charge in [-0.15, -0.1) is 0 Å². The van der Waals surface area contributed by atoms with Gasteiger partial charge in [-0.05, 0) is 36.2 Å². The number of rotatable bonds is 4. The van der Waals surface area contributed by atoms with Gasteiger partial charge in [0.05, 0.1) is 27.5 Å². The Morgan fingerprint density at radius 1 is 1.33 bits per heavy atom. The zero-order chi connectivity index (χ0) is 15.6. The molecule has 2 rings (SSSR count). The van der Waals surface area contributed by atoms with Crippen molar-refractivity contribution in [3.63, 3.8) is 0 Å². The lowest BCUT2D eigenvalue weighted by Gasteiger charge is -2.08. The monoisotopic (exact) mass is 308 g/mol. The van der Waals surface area contributed by atoms with E-state index in [1.54, 1.807) is 25.1 Å². The number of nitrogens with zero attached hydrogens (tertiary/aromatic N) is 1. The predicted octanol–water partition coefficient (Wildman–Crippen LogP) is 2.93. The minimum atomic E-state index is -1.46. The lowest BCUT2D eigenvalue weighted by molar-refractivity contribution is -0.385. The summed E-state index contributed by atoms with van der Waals surface area (Å²) in [5.74, 6) is -0.733. The van der Waals surface area contributed by atoms with Gasteiger partial charge in [0.25, 0.3) is 5.69 Å². The first-order chi connectivity index (χ1) is 9.88. The van der Waals surface area contributed by atoms with Gasteiger partial charge in [0.2, 0.25) is 0 Å². The predicted molar refractivity (Wildman–Crippen MR) is 78.8 cm³/mol. The second-order valence-corrected chi connectivity index (χ2v) is 5.95. The summed E-state index contributed by atoms with van der Waals surface area (Å²) in [6.45, 7) is 1.75. The van der Waals surface area contributed by atoms with Crippen LogP contribution in [0.5, 0.6) is 0 Å². The second-order valence-electron chi connectivity index (χ2n) is 4.54. The van der Waals surface area contributed by atoms with Crippen LogP contribution in [0.2, 0.25) is 0 Å². The van der Waals surface area contributed by atoms with E-state index in [1.165, 1.54) is 6.07 Å². The molecule has 0 heterocycles. The fourth-order valence-corrected chi connectivity index (χ4v) is 3.24. The maximum atomic E-state index is 13.4. The van der Waals surface area contributed by atoms with Crippen LogP contribution in [0.3, 0.4) is 0 Å². The third-order valence-electron chi connectivity index (χ3n) is 3.02. The summed E-state index contributed by atoms with van der Waals surface area (Å²) in [4.78, 5) is 10.6. The van der Waals surface area contributed by atoms with E-state index >= 15 is 0 Å². The number of anilines is 1. The van der Waals surface area contributed by atoms with Gasteiger partial charge in [-0.25, -0.2) is 4.39 Å². The highest BCUT2D eigenvalue weighted by Gasteiger charge is 2.14. The van der Waals surface area contributed by atoms with Crippen LogP contribution in [0.1, 0.15) is 11.1 Å². The highest BCUT2D eigenvalue weighted by molar-refractivity contribution is 7.84. The molecule has 0 saturated heterocycles. The minimum Gasteiger partial charge on any atom is -0.398 e. The van der Waals surface area contributed by atoms with Crippen LogP contribution in [0.15, 0.2) is 41.3 Å². The van der Waals surface area contributed by atoms with E-state index in [2.05, 4.69) is 0 Å². The van der Waals surface area contributed by atoms with Gasteiger partial charge in [0.15, 0.2) is 0 Å². The Morgan fingerprint density at radius 2 is 2.05 bits per heavy atom. The van der Waals surface area contributed by atoms with Gasteiger partial charge in [-0.2, -0.15) is 0 Å². The second kappa shape index (κ2) is 6.01. The maximum Gasteiger partial charge on any atom is 0.272 e. The first kappa shape index (κ1) is 15.1. The number of benzene rings is 2. The normalized spacial score (nSPS) is 12.1. The van der Waals surface area contributed by atoms with E-state index < -0.39 is 21.5 Å². The zero-order valence-electron chi connectivity index (χ0n) is 11.2. The Morgan fingerprint density at radius 3 is 2.71 bits per heavy atom. The fraction of sp³-hybridized carbons (Fsp3) is 0.143. The van der Waals surface area contributed by atoms with Crippen LogP contribution in [-0.4, -0.2) is 9.13 Å². The Labute approximate surface area is 123 Å². The number of hydrogen-bond donors (Lipinski definition) is 1. The molecule has 0 aromatic heterocycles. The van der Waals surface area contributed by atoms with Gasteiger partial charge in [-0.3, -0.25) is 14.3 Å². The van der Waals surface area contributed by atoms with Crippen molar-refractivity contribution >= 4 is 22.2 Å². The highest BCUT2D eigenvalue weighted by atomic mass is 32.2. The molecule has 0 aliphatic carbocycles. The fourth-order valence-electron chi connectivity index (χ4n) is 1.93. The van der Waals surface area contributed by atoms with E-state index in [4.69, 9.17) is 5.73 Å². The molecule has 1 atom stereocenters. The van der Waals surface area contributed by atoms with Crippen LogP contribution in [0, 0.1) is 22.9 Å². The molecule has 0 spiro atoms. The third-order valence-corrected chi connectivity index (χ3v) is 4.55. The molecule has 2 aromatic rings. The molecule has 1 unspecified atom stereocenters. The molecule has 0 bridgehead atoms. The van der Waals surface area contributed by atoms with E-state index in [0.29, 0.717) is 21.7 Å². The van der Waals surface area contributed by atoms with Crippen LogP contribution >= 0.6 is 0 Å². The summed E-state index contributed by atoms with van der Waals surface area (Å²) in [6.07, 6.45) is 0. The third kappa shape index (κ3) is 3.43. The lowest BCUT2D eigenvalue weighted by Crippen LogP contribution is -2.02. The van der Waals surface area contributed by atoms with Crippen molar-refractivity contribution in [3.8, 4) is 0 Å². The summed E-state index contributed by atoms with van der Waals surface area (Å²) in [5.41, 5.74) is 6.92. The van der Waals surface area contributed by atoms with Crippen LogP contribution < -0.4 is 5.73 Å². The van der Waals surface area contributed by atoms with Crippen molar-refractivity contribution in [2.45, 2.75) is 17.6 Å². The van der Waals surface area contributed by atoms with Crippen molar-refractivity contribution in [2.75, 3.05) is 5.73 Å². The van der Waals surface area contributed by atoms with Gasteiger partial charge >= 0.3 is 0 Å². The molecule has 2 aromatic carbocycles. The quantitative estimate of drug-likeness (QED) is 0.534. The smallest absolute Gasteiger partial charge is 0.272 e. The molecule has 5 nitrogen and oxygen atoms in total. The Kier molecular flexibility index (Phi) is 4.32.